The van der Waals surface area contributed by atoms with Gasteiger partial charge >= 0.3 is 24.1 Å². The number of carbonyl (C=O) groups is 4. The molecular weight excluding hydrogens is 533 g/mol. The average molecular weight is 571 g/mol. The average Bonchev–Trinajstić information content (AvgIpc) is 2.92. The van der Waals surface area contributed by atoms with Crippen molar-refractivity contribution < 1.29 is 46.6 Å². The highest BCUT2D eigenvalue weighted by Crippen LogP contribution is 2.33. The van der Waals surface area contributed by atoms with Crippen LogP contribution in [0.15, 0.2) is 24.3 Å². The molecule has 2 aliphatic heterocycles. The molecule has 0 spiro atoms. The summed E-state index contributed by atoms with van der Waals surface area (Å²) in [6, 6.07) is 6.47. The van der Waals surface area contributed by atoms with E-state index in [1.165, 1.54) is 0 Å². The van der Waals surface area contributed by atoms with E-state index in [-0.39, 0.29) is 37.6 Å². The van der Waals surface area contributed by atoms with Crippen molar-refractivity contribution in [2.24, 2.45) is 5.92 Å². The Balaban J connectivity index is 1.69. The number of benzene rings is 1. The van der Waals surface area contributed by atoms with E-state index in [1.54, 1.807) is 61.8 Å². The number of alkyl halides is 3. The first-order valence-corrected chi connectivity index (χ1v) is 13.6. The number of esters is 3. The maximum absolute atomic E-state index is 13.2. The summed E-state index contributed by atoms with van der Waals surface area (Å²) in [6.45, 7) is 8.16. The third kappa shape index (κ3) is 7.13. The van der Waals surface area contributed by atoms with Crippen LogP contribution in [0.3, 0.4) is 0 Å². The summed E-state index contributed by atoms with van der Waals surface area (Å²) in [5.74, 6) is -4.65. The molecule has 1 aromatic carbocycles. The van der Waals surface area contributed by atoms with Crippen LogP contribution in [0.2, 0.25) is 0 Å². The summed E-state index contributed by atoms with van der Waals surface area (Å²) in [4.78, 5) is 53.0. The first-order chi connectivity index (χ1) is 18.8. The molecule has 1 amide bonds. The molecule has 0 saturated carbocycles. The Labute approximate surface area is 231 Å². The summed E-state index contributed by atoms with van der Waals surface area (Å²) in [5.41, 5.74) is 0.277. The van der Waals surface area contributed by atoms with Gasteiger partial charge in [-0.25, -0.2) is 4.79 Å². The fraction of sp³-hybridized carbons (Fsp3) is 0.643. The number of amides is 1. The highest BCUT2D eigenvalue weighted by molar-refractivity contribution is 5.94. The highest BCUT2D eigenvalue weighted by Gasteiger charge is 2.48. The Kier molecular flexibility index (Phi) is 10.2. The van der Waals surface area contributed by atoms with Crippen molar-refractivity contribution in [2.45, 2.75) is 77.2 Å². The number of hydrogen-bond donors (Lipinski definition) is 0. The lowest BCUT2D eigenvalue weighted by Gasteiger charge is -2.46. The Bertz CT molecular complexity index is 1070. The zero-order chi connectivity index (χ0) is 29.7. The van der Waals surface area contributed by atoms with Gasteiger partial charge < -0.3 is 19.1 Å². The second-order valence-corrected chi connectivity index (χ2v) is 10.5. The van der Waals surface area contributed by atoms with Crippen molar-refractivity contribution in [2.75, 3.05) is 32.8 Å². The number of ether oxygens (including phenoxy) is 3. The van der Waals surface area contributed by atoms with Gasteiger partial charge in [0.25, 0.3) is 5.91 Å². The molecule has 2 unspecified atom stereocenters. The lowest BCUT2D eigenvalue weighted by Crippen LogP contribution is -2.57. The maximum atomic E-state index is 13.2. The Morgan fingerprint density at radius 1 is 0.875 bits per heavy atom. The van der Waals surface area contributed by atoms with Gasteiger partial charge in [-0.05, 0) is 71.1 Å². The second kappa shape index (κ2) is 13.0. The van der Waals surface area contributed by atoms with E-state index in [4.69, 9.17) is 14.2 Å². The van der Waals surface area contributed by atoms with Crippen LogP contribution in [-0.2, 0) is 34.0 Å². The third-order valence-corrected chi connectivity index (χ3v) is 7.51. The summed E-state index contributed by atoms with van der Waals surface area (Å²) >= 11 is 0. The lowest BCUT2D eigenvalue weighted by atomic mass is 9.84. The zero-order valence-corrected chi connectivity index (χ0v) is 23.3. The number of rotatable bonds is 8. The van der Waals surface area contributed by atoms with Gasteiger partial charge in [0.1, 0.15) is 5.92 Å². The van der Waals surface area contributed by atoms with Gasteiger partial charge in [-0.2, -0.15) is 13.2 Å². The minimum Gasteiger partial charge on any atom is -0.466 e. The monoisotopic (exact) mass is 570 g/mol. The molecule has 2 fully saturated rings. The van der Waals surface area contributed by atoms with Gasteiger partial charge in [0.05, 0.1) is 18.6 Å². The Hall–Kier alpha value is -3.15. The van der Waals surface area contributed by atoms with E-state index in [9.17, 15) is 32.3 Å². The molecule has 2 saturated heterocycles. The molecule has 9 nitrogen and oxygen atoms in total. The van der Waals surface area contributed by atoms with Crippen molar-refractivity contribution in [1.29, 1.82) is 0 Å². The topological polar surface area (TPSA) is 102 Å². The number of nitrogens with zero attached hydrogens (tertiary/aromatic N) is 2. The van der Waals surface area contributed by atoms with Crippen molar-refractivity contribution in [1.82, 2.24) is 9.80 Å². The lowest BCUT2D eigenvalue weighted by molar-refractivity contribution is -0.224. The summed E-state index contributed by atoms with van der Waals surface area (Å²) in [6.07, 6.45) is -4.98. The van der Waals surface area contributed by atoms with E-state index in [1.807, 2.05) is 0 Å². The molecule has 222 valence electrons. The van der Waals surface area contributed by atoms with Crippen LogP contribution in [0, 0.1) is 5.92 Å². The van der Waals surface area contributed by atoms with Crippen LogP contribution < -0.4 is 0 Å². The molecule has 3 rings (SSSR count). The van der Waals surface area contributed by atoms with E-state index in [0.29, 0.717) is 50.0 Å². The molecule has 40 heavy (non-hydrogen) atoms. The predicted octanol–water partition coefficient (Wildman–Crippen LogP) is 3.84. The van der Waals surface area contributed by atoms with Crippen LogP contribution in [0.4, 0.5) is 13.2 Å². The van der Waals surface area contributed by atoms with Gasteiger partial charge in [-0.15, -0.1) is 0 Å². The molecule has 0 radical (unpaired) electrons. The fourth-order valence-electron chi connectivity index (χ4n) is 5.24. The fourth-order valence-corrected chi connectivity index (χ4v) is 5.24. The van der Waals surface area contributed by atoms with Crippen LogP contribution in [0.5, 0.6) is 0 Å². The number of likely N-dealkylation sites (tertiary alicyclic amines) is 2. The van der Waals surface area contributed by atoms with Crippen LogP contribution in [0.1, 0.15) is 69.3 Å². The Morgan fingerprint density at radius 2 is 1.48 bits per heavy atom. The third-order valence-electron chi connectivity index (χ3n) is 7.51. The predicted molar refractivity (Wildman–Crippen MR) is 137 cm³/mol. The number of hydrogen-bond acceptors (Lipinski definition) is 8. The van der Waals surface area contributed by atoms with Gasteiger partial charge in [0, 0.05) is 31.2 Å². The van der Waals surface area contributed by atoms with E-state index >= 15 is 0 Å². The summed E-state index contributed by atoms with van der Waals surface area (Å²) in [7, 11) is 0. The van der Waals surface area contributed by atoms with E-state index in [2.05, 4.69) is 0 Å². The van der Waals surface area contributed by atoms with Gasteiger partial charge in [0.2, 0.25) is 0 Å². The molecule has 0 N–H and O–H groups in total. The van der Waals surface area contributed by atoms with Crippen molar-refractivity contribution >= 4 is 23.8 Å². The quantitative estimate of drug-likeness (QED) is 0.343. The number of carbonyl (C=O) groups excluding carboxylic acids is 4. The molecule has 0 aromatic heterocycles. The number of halogens is 3. The van der Waals surface area contributed by atoms with Crippen LogP contribution in [0.25, 0.3) is 0 Å². The number of piperidine rings is 2. The standard InChI is InChI=1S/C28H37F3N2O7/c1-5-38-24(35)21-8-7-15-33(23(21)40-26(37)28(29,30)31)20-13-16-32(17-14-20)22(34)18-9-11-19(12-10-18)27(3,4)25(36)39-6-2/h9-12,20-21,23H,5-8,13-17H2,1-4H3. The molecule has 0 bridgehead atoms. The van der Waals surface area contributed by atoms with Crippen molar-refractivity contribution in [3.8, 4) is 0 Å². The SMILES string of the molecule is CCOC(=O)C1CCCN(C2CCN(C(=O)c3ccc(C(C)(C)C(=O)OCC)cc3)CC2)C1OC(=O)C(F)(F)F. The first-order valence-electron chi connectivity index (χ1n) is 13.6. The second-order valence-electron chi connectivity index (χ2n) is 10.5. The van der Waals surface area contributed by atoms with Crippen molar-refractivity contribution in [3.63, 3.8) is 0 Å². The molecule has 12 heteroatoms. The summed E-state index contributed by atoms with van der Waals surface area (Å²) in [5, 5.41) is 0. The molecule has 1 aromatic rings. The largest absolute Gasteiger partial charge is 0.490 e. The van der Waals surface area contributed by atoms with Crippen molar-refractivity contribution in [3.05, 3.63) is 35.4 Å². The van der Waals surface area contributed by atoms with Gasteiger partial charge in [-0.3, -0.25) is 19.3 Å². The highest BCUT2D eigenvalue weighted by atomic mass is 19.4. The molecule has 2 aliphatic rings. The van der Waals surface area contributed by atoms with Crippen LogP contribution in [-0.4, -0.2) is 84.9 Å². The molecule has 0 aliphatic carbocycles. The van der Waals surface area contributed by atoms with Crippen LogP contribution >= 0.6 is 0 Å². The zero-order valence-electron chi connectivity index (χ0n) is 23.3. The molecule has 2 atom stereocenters. The minimum atomic E-state index is -5.20. The minimum absolute atomic E-state index is 0.0527. The smallest absolute Gasteiger partial charge is 0.466 e. The summed E-state index contributed by atoms with van der Waals surface area (Å²) < 4.78 is 54.2. The maximum Gasteiger partial charge on any atom is 0.490 e. The molecule has 2 heterocycles. The normalized spacial score (nSPS) is 21.0. The first kappa shape index (κ1) is 31.4. The van der Waals surface area contributed by atoms with E-state index in [0.717, 1.165) is 0 Å². The Morgan fingerprint density at radius 3 is 2.02 bits per heavy atom. The van der Waals surface area contributed by atoms with E-state index < -0.39 is 35.7 Å². The van der Waals surface area contributed by atoms with Gasteiger partial charge in [0.15, 0.2) is 6.23 Å². The van der Waals surface area contributed by atoms with Gasteiger partial charge in [-0.1, -0.05) is 12.1 Å². The molecular formula is C28H37F3N2O7.